The first kappa shape index (κ1) is 20.7. The van der Waals surface area contributed by atoms with E-state index < -0.39 is 28.4 Å². The minimum atomic E-state index is -3.79. The van der Waals surface area contributed by atoms with Gasteiger partial charge in [0.25, 0.3) is 5.91 Å². The van der Waals surface area contributed by atoms with Gasteiger partial charge in [0.2, 0.25) is 16.8 Å². The number of sulfonamides is 1. The summed E-state index contributed by atoms with van der Waals surface area (Å²) in [5.41, 5.74) is 0.982. The molecule has 162 valence electrons. The summed E-state index contributed by atoms with van der Waals surface area (Å²) >= 11 is 0. The van der Waals surface area contributed by atoms with Crippen LogP contribution >= 0.6 is 0 Å². The maximum Gasteiger partial charge on any atom is 0.340 e. The molecular weight excluding hydrogens is 424 g/mol. The second-order valence-electron chi connectivity index (χ2n) is 6.76. The topological polar surface area (TPSA) is 104 Å². The number of carbonyl (C=O) groups excluding carboxylic acids is 2. The van der Waals surface area contributed by atoms with Crippen molar-refractivity contribution >= 4 is 38.5 Å². The van der Waals surface area contributed by atoms with Crippen LogP contribution in [0.25, 0.3) is 10.9 Å². The molecule has 10 heteroatoms. The molecule has 0 bridgehead atoms. The summed E-state index contributed by atoms with van der Waals surface area (Å²) in [4.78, 5) is 25.4. The largest absolute Gasteiger partial charge is 0.465 e. The predicted octanol–water partition coefficient (Wildman–Crippen LogP) is 2.65. The lowest BCUT2D eigenvalue weighted by Crippen LogP contribution is -2.38. The molecule has 4 rings (SSSR count). The average molecular weight is 444 g/mol. The van der Waals surface area contributed by atoms with E-state index in [4.69, 9.17) is 14.2 Å². The third kappa shape index (κ3) is 3.70. The van der Waals surface area contributed by atoms with Gasteiger partial charge in [0, 0.05) is 17.6 Å². The molecule has 1 aliphatic heterocycles. The summed E-state index contributed by atoms with van der Waals surface area (Å²) in [6.07, 6.45) is 1.37. The number of rotatable bonds is 6. The monoisotopic (exact) mass is 444 g/mol. The number of aromatic nitrogens is 1. The maximum absolute atomic E-state index is 13.2. The number of methoxy groups -OCH3 is 1. The predicted molar refractivity (Wildman–Crippen MR) is 113 cm³/mol. The van der Waals surface area contributed by atoms with Gasteiger partial charge >= 0.3 is 5.97 Å². The van der Waals surface area contributed by atoms with E-state index in [1.165, 1.54) is 30.9 Å². The van der Waals surface area contributed by atoms with Gasteiger partial charge < -0.3 is 14.2 Å². The number of anilines is 1. The van der Waals surface area contributed by atoms with Gasteiger partial charge in [-0.05, 0) is 25.1 Å². The van der Waals surface area contributed by atoms with E-state index in [0.717, 1.165) is 4.31 Å². The third-order valence-electron chi connectivity index (χ3n) is 5.01. The third-order valence-corrected chi connectivity index (χ3v) is 6.75. The SMILES string of the molecule is CCS(=O)(=O)N(CC(=O)n1cc(C(=O)OC)c2ccccc21)c1ccc2c(c1)OCO2. The summed E-state index contributed by atoms with van der Waals surface area (Å²) in [5.74, 6) is -0.407. The van der Waals surface area contributed by atoms with E-state index in [9.17, 15) is 18.0 Å². The van der Waals surface area contributed by atoms with Crippen molar-refractivity contribution in [1.82, 2.24) is 4.57 Å². The van der Waals surface area contributed by atoms with Gasteiger partial charge in [0.1, 0.15) is 6.54 Å². The molecule has 1 aromatic heterocycles. The van der Waals surface area contributed by atoms with Gasteiger partial charge in [0.15, 0.2) is 11.5 Å². The van der Waals surface area contributed by atoms with Crippen LogP contribution in [0.1, 0.15) is 22.1 Å². The van der Waals surface area contributed by atoms with Crippen molar-refractivity contribution in [2.45, 2.75) is 6.92 Å². The lowest BCUT2D eigenvalue weighted by molar-refractivity contribution is 0.0603. The number of fused-ring (bicyclic) bond motifs is 2. The Kier molecular flexibility index (Phi) is 5.32. The molecule has 3 aromatic rings. The van der Waals surface area contributed by atoms with Crippen molar-refractivity contribution in [3.63, 3.8) is 0 Å². The van der Waals surface area contributed by atoms with E-state index >= 15 is 0 Å². The standard InChI is InChI=1S/C21H20N2O7S/c1-3-31(26,27)23(14-8-9-18-19(10-14)30-13-29-18)12-20(24)22-11-16(21(25)28-2)15-6-4-5-7-17(15)22/h4-11H,3,12-13H2,1-2H3. The summed E-state index contributed by atoms with van der Waals surface area (Å²) in [6, 6.07) is 11.5. The second-order valence-corrected chi connectivity index (χ2v) is 8.94. The lowest BCUT2D eigenvalue weighted by Gasteiger charge is -2.23. The number of benzene rings is 2. The number of carbonyl (C=O) groups is 2. The van der Waals surface area contributed by atoms with Crippen LogP contribution in [-0.4, -0.2) is 51.1 Å². The van der Waals surface area contributed by atoms with Crippen molar-refractivity contribution in [2.24, 2.45) is 0 Å². The number of hydrogen-bond acceptors (Lipinski definition) is 7. The van der Waals surface area contributed by atoms with Crippen molar-refractivity contribution < 1.29 is 32.2 Å². The minimum Gasteiger partial charge on any atom is -0.465 e. The molecular formula is C21H20N2O7S. The van der Waals surface area contributed by atoms with Crippen LogP contribution in [0.3, 0.4) is 0 Å². The van der Waals surface area contributed by atoms with E-state index in [2.05, 4.69) is 0 Å². The number of hydrogen-bond donors (Lipinski definition) is 0. The van der Waals surface area contributed by atoms with Crippen LogP contribution in [0, 0.1) is 0 Å². The van der Waals surface area contributed by atoms with Gasteiger partial charge in [-0.3, -0.25) is 13.7 Å². The Bertz CT molecular complexity index is 1280. The molecule has 9 nitrogen and oxygen atoms in total. The first-order chi connectivity index (χ1) is 14.9. The van der Waals surface area contributed by atoms with Crippen molar-refractivity contribution in [1.29, 1.82) is 0 Å². The van der Waals surface area contributed by atoms with Gasteiger partial charge in [0.05, 0.1) is 29.6 Å². The van der Waals surface area contributed by atoms with Gasteiger partial charge in [-0.15, -0.1) is 0 Å². The molecule has 0 fully saturated rings. The van der Waals surface area contributed by atoms with Crippen LogP contribution in [0.2, 0.25) is 0 Å². The molecule has 0 saturated carbocycles. The Balaban J connectivity index is 1.75. The zero-order valence-electron chi connectivity index (χ0n) is 16.9. The van der Waals surface area contributed by atoms with E-state index in [1.807, 2.05) is 0 Å². The van der Waals surface area contributed by atoms with Gasteiger partial charge in [-0.2, -0.15) is 0 Å². The van der Waals surface area contributed by atoms with Crippen molar-refractivity contribution in [3.8, 4) is 11.5 Å². The first-order valence-corrected chi connectivity index (χ1v) is 11.1. The van der Waals surface area contributed by atoms with Crippen molar-refractivity contribution in [2.75, 3.05) is 30.5 Å². The van der Waals surface area contributed by atoms with Crippen LogP contribution in [-0.2, 0) is 14.8 Å². The Hall–Kier alpha value is -3.53. The molecule has 0 N–H and O–H groups in total. The fraction of sp³-hybridized carbons (Fsp3) is 0.238. The zero-order chi connectivity index (χ0) is 22.2. The van der Waals surface area contributed by atoms with E-state index in [-0.39, 0.29) is 23.8 Å². The Labute approximate surface area is 178 Å². The Morgan fingerprint density at radius 3 is 2.61 bits per heavy atom. The smallest absolute Gasteiger partial charge is 0.340 e. The fourth-order valence-electron chi connectivity index (χ4n) is 3.40. The number of ether oxygens (including phenoxy) is 3. The molecule has 1 aliphatic rings. The second kappa shape index (κ2) is 7.95. The molecule has 0 atom stereocenters. The summed E-state index contributed by atoms with van der Waals surface area (Å²) in [6.45, 7) is 1.08. The highest BCUT2D eigenvalue weighted by atomic mass is 32.2. The molecule has 0 aliphatic carbocycles. The maximum atomic E-state index is 13.2. The van der Waals surface area contributed by atoms with Crippen LogP contribution in [0.4, 0.5) is 5.69 Å². The van der Waals surface area contributed by atoms with Gasteiger partial charge in [-0.25, -0.2) is 13.2 Å². The van der Waals surface area contributed by atoms with E-state index in [0.29, 0.717) is 22.4 Å². The molecule has 0 saturated heterocycles. The van der Waals surface area contributed by atoms with Crippen molar-refractivity contribution in [3.05, 3.63) is 54.2 Å². The summed E-state index contributed by atoms with van der Waals surface area (Å²) < 4.78 is 43.3. The normalized spacial score (nSPS) is 12.7. The van der Waals surface area contributed by atoms with Gasteiger partial charge in [-0.1, -0.05) is 18.2 Å². The number of para-hydroxylation sites is 1. The molecule has 0 amide bonds. The number of nitrogens with zero attached hydrogens (tertiary/aromatic N) is 2. The molecule has 0 radical (unpaired) electrons. The van der Waals surface area contributed by atoms with E-state index in [1.54, 1.807) is 36.4 Å². The molecule has 0 spiro atoms. The first-order valence-electron chi connectivity index (χ1n) is 9.47. The molecule has 31 heavy (non-hydrogen) atoms. The number of esters is 1. The average Bonchev–Trinajstić information content (AvgIpc) is 3.41. The molecule has 2 heterocycles. The molecule has 2 aromatic carbocycles. The van der Waals surface area contributed by atoms with Crippen LogP contribution < -0.4 is 13.8 Å². The highest BCUT2D eigenvalue weighted by Crippen LogP contribution is 2.36. The zero-order valence-corrected chi connectivity index (χ0v) is 17.7. The lowest BCUT2D eigenvalue weighted by atomic mass is 10.2. The molecule has 0 unspecified atom stereocenters. The highest BCUT2D eigenvalue weighted by molar-refractivity contribution is 7.92. The quantitative estimate of drug-likeness (QED) is 0.538. The summed E-state index contributed by atoms with van der Waals surface area (Å²) in [5, 5.41) is 0.538. The Morgan fingerprint density at radius 2 is 1.87 bits per heavy atom. The van der Waals surface area contributed by atoms with Crippen LogP contribution in [0.5, 0.6) is 11.5 Å². The van der Waals surface area contributed by atoms with Crippen LogP contribution in [0.15, 0.2) is 48.7 Å². The summed E-state index contributed by atoms with van der Waals surface area (Å²) in [7, 11) is -2.53. The minimum absolute atomic E-state index is 0.0455. The Morgan fingerprint density at radius 1 is 1.13 bits per heavy atom. The fourth-order valence-corrected chi connectivity index (χ4v) is 4.46. The highest BCUT2D eigenvalue weighted by Gasteiger charge is 2.27.